The Hall–Kier alpha value is -2.97. The number of aromatic nitrogens is 2. The lowest BCUT2D eigenvalue weighted by Crippen LogP contribution is -2.42. The third-order valence-electron chi connectivity index (χ3n) is 6.09. The molecule has 1 fully saturated rings. The lowest BCUT2D eigenvalue weighted by Gasteiger charge is -2.34. The summed E-state index contributed by atoms with van der Waals surface area (Å²) in [6.07, 6.45) is 4.53. The molecule has 1 aliphatic heterocycles. The fourth-order valence-electron chi connectivity index (χ4n) is 4.56. The van der Waals surface area contributed by atoms with E-state index in [0.717, 1.165) is 12.0 Å². The van der Waals surface area contributed by atoms with E-state index in [1.165, 1.54) is 6.07 Å². The summed E-state index contributed by atoms with van der Waals surface area (Å²) in [6, 6.07) is 15.4. The van der Waals surface area contributed by atoms with E-state index in [0.29, 0.717) is 36.3 Å². The Labute approximate surface area is 195 Å². The first-order valence-electron chi connectivity index (χ1n) is 11.2. The number of aryl methyl sites for hydroxylation is 1. The van der Waals surface area contributed by atoms with Gasteiger partial charge in [-0.1, -0.05) is 50.2 Å². The fraction of sp³-hybridized carbons (Fsp3) is 0.360. The largest absolute Gasteiger partial charge is 0.338 e. The molecule has 2 heterocycles. The van der Waals surface area contributed by atoms with E-state index in [1.807, 2.05) is 48.1 Å². The Morgan fingerprint density at radius 1 is 1.06 bits per heavy atom. The van der Waals surface area contributed by atoms with Gasteiger partial charge in [0.15, 0.2) is 0 Å². The second kappa shape index (κ2) is 9.49. The SMILES string of the molecule is C[C@@H]1C[C@H](C)CN(S(=O)(=O)c2cccc(C(=O)N[C@@H](c3ccccc3)c3nccn3C)c2)C1. The Kier molecular flexibility index (Phi) is 6.67. The van der Waals surface area contributed by atoms with Crippen molar-refractivity contribution < 1.29 is 13.2 Å². The van der Waals surface area contributed by atoms with Gasteiger partial charge in [-0.2, -0.15) is 4.31 Å². The molecular formula is C25H30N4O3S. The van der Waals surface area contributed by atoms with Gasteiger partial charge in [0, 0.05) is 38.1 Å². The number of piperidine rings is 1. The third kappa shape index (κ3) is 5.02. The average Bonchev–Trinajstić information content (AvgIpc) is 3.23. The number of amides is 1. The van der Waals surface area contributed by atoms with Gasteiger partial charge in [-0.3, -0.25) is 4.79 Å². The normalized spacial score (nSPS) is 20.3. The average molecular weight is 467 g/mol. The van der Waals surface area contributed by atoms with E-state index in [1.54, 1.807) is 28.7 Å². The van der Waals surface area contributed by atoms with Gasteiger partial charge in [0.2, 0.25) is 10.0 Å². The Morgan fingerprint density at radius 3 is 2.39 bits per heavy atom. The molecular weight excluding hydrogens is 436 g/mol. The van der Waals surface area contributed by atoms with Crippen LogP contribution in [0.25, 0.3) is 0 Å². The first-order chi connectivity index (χ1) is 15.8. The molecule has 2 aromatic carbocycles. The van der Waals surface area contributed by atoms with Crippen molar-refractivity contribution in [2.75, 3.05) is 13.1 Å². The minimum atomic E-state index is -3.68. The zero-order valence-corrected chi connectivity index (χ0v) is 20.0. The van der Waals surface area contributed by atoms with Crippen LogP contribution in [0.15, 0.2) is 71.9 Å². The van der Waals surface area contributed by atoms with Crippen LogP contribution in [0.5, 0.6) is 0 Å². The Balaban J connectivity index is 1.61. The molecule has 4 rings (SSSR count). The summed E-state index contributed by atoms with van der Waals surface area (Å²) in [4.78, 5) is 17.8. The maximum absolute atomic E-state index is 13.3. The number of nitrogens with one attached hydrogen (secondary N) is 1. The third-order valence-corrected chi connectivity index (χ3v) is 7.92. The summed E-state index contributed by atoms with van der Waals surface area (Å²) >= 11 is 0. The number of rotatable bonds is 6. The van der Waals surface area contributed by atoms with Crippen molar-refractivity contribution in [2.24, 2.45) is 18.9 Å². The lowest BCUT2D eigenvalue weighted by molar-refractivity contribution is 0.0941. The highest BCUT2D eigenvalue weighted by Crippen LogP contribution is 2.27. The molecule has 0 radical (unpaired) electrons. The molecule has 1 saturated heterocycles. The minimum Gasteiger partial charge on any atom is -0.338 e. The molecule has 8 heteroatoms. The van der Waals surface area contributed by atoms with Gasteiger partial charge in [-0.15, -0.1) is 0 Å². The zero-order chi connectivity index (χ0) is 23.6. The molecule has 0 saturated carbocycles. The minimum absolute atomic E-state index is 0.143. The standard InChI is InChI=1S/C25H30N4O3S/c1-18-14-19(2)17-29(16-18)33(31,32)22-11-7-10-21(15-22)25(30)27-23(20-8-5-4-6-9-20)24-26-12-13-28(24)3/h4-13,15,18-19,23H,14,16-17H2,1-3H3,(H,27,30)/t18-,19+,23-/m0/s1. The van der Waals surface area contributed by atoms with Gasteiger partial charge < -0.3 is 9.88 Å². The van der Waals surface area contributed by atoms with Crippen molar-refractivity contribution in [1.82, 2.24) is 19.2 Å². The highest BCUT2D eigenvalue weighted by molar-refractivity contribution is 7.89. The van der Waals surface area contributed by atoms with Crippen LogP contribution in [-0.2, 0) is 17.1 Å². The maximum Gasteiger partial charge on any atom is 0.252 e. The molecule has 0 bridgehead atoms. The summed E-state index contributed by atoms with van der Waals surface area (Å²) in [7, 11) is -1.80. The highest BCUT2D eigenvalue weighted by Gasteiger charge is 2.32. The molecule has 3 aromatic rings. The van der Waals surface area contributed by atoms with E-state index >= 15 is 0 Å². The smallest absolute Gasteiger partial charge is 0.252 e. The highest BCUT2D eigenvalue weighted by atomic mass is 32.2. The van der Waals surface area contributed by atoms with Crippen LogP contribution < -0.4 is 5.32 Å². The van der Waals surface area contributed by atoms with E-state index in [9.17, 15) is 13.2 Å². The number of imidazole rings is 1. The van der Waals surface area contributed by atoms with Crippen molar-refractivity contribution in [1.29, 1.82) is 0 Å². The monoisotopic (exact) mass is 466 g/mol. The first kappa shape index (κ1) is 23.2. The molecule has 0 spiro atoms. The number of hydrogen-bond acceptors (Lipinski definition) is 4. The molecule has 3 atom stereocenters. The molecule has 7 nitrogen and oxygen atoms in total. The van der Waals surface area contributed by atoms with Gasteiger partial charge in [-0.05, 0) is 42.0 Å². The number of nitrogens with zero attached hydrogens (tertiary/aromatic N) is 3. The van der Waals surface area contributed by atoms with Crippen molar-refractivity contribution in [3.63, 3.8) is 0 Å². The molecule has 0 unspecified atom stereocenters. The second-order valence-corrected chi connectivity index (χ2v) is 10.9. The zero-order valence-electron chi connectivity index (χ0n) is 19.2. The Bertz CT molecular complexity index is 1210. The van der Waals surface area contributed by atoms with Crippen LogP contribution in [-0.4, -0.2) is 41.3 Å². The molecule has 174 valence electrons. The number of carbonyl (C=O) groups is 1. The molecule has 33 heavy (non-hydrogen) atoms. The van der Waals surface area contributed by atoms with Crippen LogP contribution in [0.2, 0.25) is 0 Å². The first-order valence-corrected chi connectivity index (χ1v) is 12.6. The Morgan fingerprint density at radius 2 is 1.76 bits per heavy atom. The summed E-state index contributed by atoms with van der Waals surface area (Å²) in [5.41, 5.74) is 1.18. The van der Waals surface area contributed by atoms with Gasteiger partial charge in [-0.25, -0.2) is 13.4 Å². The number of benzene rings is 2. The van der Waals surface area contributed by atoms with E-state index in [2.05, 4.69) is 24.1 Å². The molecule has 0 aliphatic carbocycles. The van der Waals surface area contributed by atoms with Crippen molar-refractivity contribution in [3.8, 4) is 0 Å². The van der Waals surface area contributed by atoms with Crippen molar-refractivity contribution in [3.05, 3.63) is 83.9 Å². The van der Waals surface area contributed by atoms with Crippen molar-refractivity contribution in [2.45, 2.75) is 31.2 Å². The topological polar surface area (TPSA) is 84.3 Å². The van der Waals surface area contributed by atoms with Crippen LogP contribution in [0.1, 0.15) is 48.1 Å². The van der Waals surface area contributed by atoms with Crippen molar-refractivity contribution >= 4 is 15.9 Å². The number of hydrogen-bond donors (Lipinski definition) is 1. The van der Waals surface area contributed by atoms with E-state index in [-0.39, 0.29) is 10.8 Å². The summed E-state index contributed by atoms with van der Waals surface area (Å²) in [6.45, 7) is 5.14. The molecule has 1 N–H and O–H groups in total. The molecule has 1 amide bonds. The van der Waals surface area contributed by atoms with Gasteiger partial charge >= 0.3 is 0 Å². The molecule has 1 aliphatic rings. The second-order valence-electron chi connectivity index (χ2n) is 9.01. The van der Waals surface area contributed by atoms with Gasteiger partial charge in [0.25, 0.3) is 5.91 Å². The van der Waals surface area contributed by atoms with E-state index < -0.39 is 16.1 Å². The summed E-state index contributed by atoms with van der Waals surface area (Å²) in [5.74, 6) is 0.942. The van der Waals surface area contributed by atoms with Gasteiger partial charge in [0.1, 0.15) is 11.9 Å². The van der Waals surface area contributed by atoms with Crippen LogP contribution in [0, 0.1) is 11.8 Å². The molecule has 1 aromatic heterocycles. The van der Waals surface area contributed by atoms with Crippen LogP contribution in [0.4, 0.5) is 0 Å². The van der Waals surface area contributed by atoms with Crippen LogP contribution in [0.3, 0.4) is 0 Å². The fourth-order valence-corrected chi connectivity index (χ4v) is 6.29. The van der Waals surface area contributed by atoms with E-state index in [4.69, 9.17) is 0 Å². The predicted molar refractivity (Wildman–Crippen MR) is 127 cm³/mol. The summed E-state index contributed by atoms with van der Waals surface area (Å²) in [5, 5.41) is 3.03. The quantitative estimate of drug-likeness (QED) is 0.602. The maximum atomic E-state index is 13.3. The van der Waals surface area contributed by atoms with Gasteiger partial charge in [0.05, 0.1) is 4.90 Å². The summed E-state index contributed by atoms with van der Waals surface area (Å²) < 4.78 is 30.0. The number of carbonyl (C=O) groups excluding carboxylic acids is 1. The lowest BCUT2D eigenvalue weighted by atomic mass is 9.94. The predicted octanol–water partition coefficient (Wildman–Crippen LogP) is 3.61. The number of sulfonamides is 1. The van der Waals surface area contributed by atoms with Crippen LogP contribution >= 0.6 is 0 Å².